The molecule has 1 saturated carbocycles. The Morgan fingerprint density at radius 3 is 2.50 bits per heavy atom. The number of unbranched alkanes of at least 4 members (excludes halogenated alkanes) is 1. The molecule has 0 heterocycles. The fourth-order valence-electron chi connectivity index (χ4n) is 4.50. The molecular formula is C21H40O2Si. The first-order chi connectivity index (χ1) is 11.1. The average molecular weight is 353 g/mol. The molecule has 2 aliphatic rings. The second kappa shape index (κ2) is 8.05. The van der Waals surface area contributed by atoms with Gasteiger partial charge in [-0.3, -0.25) is 0 Å². The molecule has 0 amide bonds. The van der Waals surface area contributed by atoms with Gasteiger partial charge in [-0.25, -0.2) is 0 Å². The van der Waals surface area contributed by atoms with Gasteiger partial charge in [0.05, 0.1) is 6.10 Å². The summed E-state index contributed by atoms with van der Waals surface area (Å²) in [6, 6.07) is 0. The topological polar surface area (TPSA) is 29.5 Å². The highest BCUT2D eigenvalue weighted by atomic mass is 28.4. The zero-order valence-corrected chi connectivity index (χ0v) is 17.8. The van der Waals surface area contributed by atoms with Crippen LogP contribution in [0.4, 0.5) is 0 Å². The molecule has 0 spiro atoms. The van der Waals surface area contributed by atoms with Crippen molar-refractivity contribution < 1.29 is 9.53 Å². The number of fused-ring (bicyclic) bond motifs is 1. The van der Waals surface area contributed by atoms with Crippen LogP contribution in [-0.2, 0) is 4.43 Å². The minimum absolute atomic E-state index is 0.172. The first-order valence-corrected chi connectivity index (χ1v) is 13.0. The van der Waals surface area contributed by atoms with Crippen molar-refractivity contribution in [1.82, 2.24) is 0 Å². The summed E-state index contributed by atoms with van der Waals surface area (Å²) in [6.45, 7) is 14.5. The Kier molecular flexibility index (Phi) is 6.77. The van der Waals surface area contributed by atoms with Crippen molar-refractivity contribution >= 4 is 8.32 Å². The summed E-state index contributed by atoms with van der Waals surface area (Å²) in [7, 11) is -1.60. The highest BCUT2D eigenvalue weighted by molar-refractivity contribution is 6.74. The maximum Gasteiger partial charge on any atom is 0.191 e. The average Bonchev–Trinajstić information content (AvgIpc) is 2.92. The lowest BCUT2D eigenvalue weighted by Gasteiger charge is -2.38. The third kappa shape index (κ3) is 4.73. The maximum atomic E-state index is 10.3. The van der Waals surface area contributed by atoms with Crippen molar-refractivity contribution in [3.63, 3.8) is 0 Å². The van der Waals surface area contributed by atoms with Gasteiger partial charge in [-0.15, -0.1) is 0 Å². The quantitative estimate of drug-likeness (QED) is 0.357. The zero-order valence-electron chi connectivity index (χ0n) is 16.8. The molecule has 2 aliphatic carbocycles. The number of rotatable bonds is 7. The molecule has 24 heavy (non-hydrogen) atoms. The van der Waals surface area contributed by atoms with E-state index in [1.165, 1.54) is 32.1 Å². The Balaban J connectivity index is 1.78. The van der Waals surface area contributed by atoms with Gasteiger partial charge in [0.25, 0.3) is 0 Å². The summed E-state index contributed by atoms with van der Waals surface area (Å²) >= 11 is 0. The number of aliphatic hydroxyl groups is 1. The van der Waals surface area contributed by atoms with Crippen molar-refractivity contribution in [2.24, 2.45) is 23.7 Å². The standard InChI is InChI=1S/C21H40O2Si/c1-16(22)20-18(14-13-17-11-9-12-19(17)20)10-7-8-15-23-24(5,6)21(2,3)4/h13-14,16-20,22H,7-12,15H2,1-6H3/t16?,17-,18+,19+,20+/m0/s1. The molecular weight excluding hydrogens is 312 g/mol. The van der Waals surface area contributed by atoms with Gasteiger partial charge in [0, 0.05) is 6.61 Å². The van der Waals surface area contributed by atoms with Crippen molar-refractivity contribution in [2.75, 3.05) is 6.61 Å². The lowest BCUT2D eigenvalue weighted by atomic mass is 9.68. The number of allylic oxidation sites excluding steroid dienone is 2. The minimum Gasteiger partial charge on any atom is -0.417 e. The molecule has 1 fully saturated rings. The molecule has 2 nitrogen and oxygen atoms in total. The molecule has 2 rings (SSSR count). The van der Waals surface area contributed by atoms with E-state index in [0.29, 0.717) is 16.9 Å². The van der Waals surface area contributed by atoms with E-state index >= 15 is 0 Å². The molecule has 3 heteroatoms. The van der Waals surface area contributed by atoms with Crippen molar-refractivity contribution in [3.05, 3.63) is 12.2 Å². The Labute approximate surface area is 151 Å². The summed E-state index contributed by atoms with van der Waals surface area (Å²) in [6.07, 6.45) is 12.3. The molecule has 0 aromatic rings. The smallest absolute Gasteiger partial charge is 0.191 e. The maximum absolute atomic E-state index is 10.3. The van der Waals surface area contributed by atoms with Crippen LogP contribution < -0.4 is 0 Å². The molecule has 0 aliphatic heterocycles. The Hall–Kier alpha value is -0.123. The molecule has 0 saturated heterocycles. The molecule has 0 aromatic heterocycles. The number of aliphatic hydroxyl groups excluding tert-OH is 1. The third-order valence-electron chi connectivity index (χ3n) is 6.98. The molecule has 1 unspecified atom stereocenters. The van der Waals surface area contributed by atoms with Gasteiger partial charge in [0.1, 0.15) is 0 Å². The Morgan fingerprint density at radius 2 is 1.88 bits per heavy atom. The zero-order chi connectivity index (χ0) is 18.0. The summed E-state index contributed by atoms with van der Waals surface area (Å²) in [5.74, 6) is 2.51. The fraction of sp³-hybridized carbons (Fsp3) is 0.905. The SMILES string of the molecule is CC(O)[C@H]1[C@@H]2CCC[C@H]2C=C[C@H]1CCCCO[Si](C)(C)C(C)(C)C. The van der Waals surface area contributed by atoms with Gasteiger partial charge in [-0.1, -0.05) is 45.8 Å². The largest absolute Gasteiger partial charge is 0.417 e. The normalized spacial score (nSPS) is 32.0. The van der Waals surface area contributed by atoms with Crippen LogP contribution in [0, 0.1) is 23.7 Å². The van der Waals surface area contributed by atoms with Crippen molar-refractivity contribution in [1.29, 1.82) is 0 Å². The summed E-state index contributed by atoms with van der Waals surface area (Å²) in [5.41, 5.74) is 0. The van der Waals surface area contributed by atoms with E-state index in [2.05, 4.69) is 46.0 Å². The van der Waals surface area contributed by atoms with Gasteiger partial charge in [-0.05, 0) is 74.4 Å². The van der Waals surface area contributed by atoms with E-state index in [1.807, 2.05) is 6.92 Å². The fourth-order valence-corrected chi connectivity index (χ4v) is 5.58. The van der Waals surface area contributed by atoms with Gasteiger partial charge >= 0.3 is 0 Å². The summed E-state index contributed by atoms with van der Waals surface area (Å²) in [5, 5.41) is 10.6. The van der Waals surface area contributed by atoms with Crippen LogP contribution in [-0.4, -0.2) is 26.1 Å². The summed E-state index contributed by atoms with van der Waals surface area (Å²) < 4.78 is 6.30. The highest BCUT2D eigenvalue weighted by Crippen LogP contribution is 2.47. The predicted octanol–water partition coefficient (Wildman–Crippen LogP) is 5.78. The van der Waals surface area contributed by atoms with Gasteiger partial charge in [0.15, 0.2) is 8.32 Å². The first-order valence-electron chi connectivity index (χ1n) is 10.1. The monoisotopic (exact) mass is 352 g/mol. The first kappa shape index (κ1) is 20.2. The van der Waals surface area contributed by atoms with Crippen LogP contribution in [0.25, 0.3) is 0 Å². The molecule has 0 aromatic carbocycles. The Bertz CT molecular complexity index is 422. The molecule has 0 bridgehead atoms. The second-order valence-electron chi connectivity index (χ2n) is 9.73. The van der Waals surface area contributed by atoms with Crippen LogP contribution in [0.15, 0.2) is 12.2 Å². The molecule has 1 N–H and O–H groups in total. The molecule has 140 valence electrons. The lowest BCUT2D eigenvalue weighted by Crippen LogP contribution is -2.41. The highest BCUT2D eigenvalue weighted by Gasteiger charge is 2.41. The van der Waals surface area contributed by atoms with E-state index in [4.69, 9.17) is 4.43 Å². The van der Waals surface area contributed by atoms with Crippen LogP contribution in [0.1, 0.15) is 66.2 Å². The van der Waals surface area contributed by atoms with Crippen LogP contribution in [0.3, 0.4) is 0 Å². The second-order valence-corrected chi connectivity index (χ2v) is 14.5. The third-order valence-corrected chi connectivity index (χ3v) is 11.5. The van der Waals surface area contributed by atoms with Crippen LogP contribution in [0.2, 0.25) is 18.1 Å². The molecule has 0 radical (unpaired) electrons. The lowest BCUT2D eigenvalue weighted by molar-refractivity contribution is 0.0426. The number of hydrogen-bond donors (Lipinski definition) is 1. The van der Waals surface area contributed by atoms with Crippen molar-refractivity contribution in [3.8, 4) is 0 Å². The van der Waals surface area contributed by atoms with Crippen LogP contribution >= 0.6 is 0 Å². The number of hydrogen-bond acceptors (Lipinski definition) is 2. The van der Waals surface area contributed by atoms with E-state index in [9.17, 15) is 5.11 Å². The van der Waals surface area contributed by atoms with Gasteiger partial charge in [-0.2, -0.15) is 0 Å². The van der Waals surface area contributed by atoms with Crippen LogP contribution in [0.5, 0.6) is 0 Å². The van der Waals surface area contributed by atoms with Gasteiger partial charge in [0.2, 0.25) is 0 Å². The van der Waals surface area contributed by atoms with E-state index in [0.717, 1.165) is 24.9 Å². The van der Waals surface area contributed by atoms with E-state index in [-0.39, 0.29) is 6.10 Å². The van der Waals surface area contributed by atoms with E-state index in [1.54, 1.807) is 0 Å². The predicted molar refractivity (Wildman–Crippen MR) is 106 cm³/mol. The molecule has 5 atom stereocenters. The summed E-state index contributed by atoms with van der Waals surface area (Å²) in [4.78, 5) is 0. The van der Waals surface area contributed by atoms with E-state index < -0.39 is 8.32 Å². The minimum atomic E-state index is -1.60. The Morgan fingerprint density at radius 1 is 1.17 bits per heavy atom. The van der Waals surface area contributed by atoms with Crippen molar-refractivity contribution in [2.45, 2.75) is 90.5 Å². The van der Waals surface area contributed by atoms with Gasteiger partial charge < -0.3 is 9.53 Å².